The number of aromatic nitrogens is 1. The summed E-state index contributed by atoms with van der Waals surface area (Å²) in [5.74, 6) is 0.597. The summed E-state index contributed by atoms with van der Waals surface area (Å²) in [4.78, 5) is 4.34. The second-order valence-electron chi connectivity index (χ2n) is 5.32. The van der Waals surface area contributed by atoms with Gasteiger partial charge in [0.1, 0.15) is 0 Å². The van der Waals surface area contributed by atoms with E-state index in [4.69, 9.17) is 0 Å². The van der Waals surface area contributed by atoms with E-state index in [1.807, 2.05) is 24.3 Å². The molecular weight excluding hydrogens is 272 g/mol. The van der Waals surface area contributed by atoms with Crippen LogP contribution in [0.5, 0.6) is 0 Å². The molecule has 1 aliphatic rings. The van der Waals surface area contributed by atoms with Crippen LogP contribution in [0.1, 0.15) is 18.4 Å². The molecule has 2 heterocycles. The Bertz CT molecular complexity index is 707. The second-order valence-corrected chi connectivity index (χ2v) is 7.55. The maximum atomic E-state index is 11.6. The van der Waals surface area contributed by atoms with Crippen molar-refractivity contribution in [1.29, 1.82) is 0 Å². The van der Waals surface area contributed by atoms with Crippen molar-refractivity contribution in [3.8, 4) is 0 Å². The van der Waals surface area contributed by atoms with Crippen LogP contribution in [0.3, 0.4) is 0 Å². The molecule has 1 fully saturated rings. The predicted molar refractivity (Wildman–Crippen MR) is 80.3 cm³/mol. The van der Waals surface area contributed by atoms with Crippen molar-refractivity contribution in [2.45, 2.75) is 25.4 Å². The van der Waals surface area contributed by atoms with Gasteiger partial charge in [-0.25, -0.2) is 8.42 Å². The molecule has 1 saturated heterocycles. The van der Waals surface area contributed by atoms with E-state index in [0.717, 1.165) is 23.7 Å². The van der Waals surface area contributed by atoms with E-state index in [-0.39, 0.29) is 11.8 Å². The first-order valence-electron chi connectivity index (χ1n) is 6.90. The fourth-order valence-corrected chi connectivity index (χ4v) is 4.42. The maximum Gasteiger partial charge on any atom is 0.151 e. The molecule has 1 aromatic carbocycles. The molecule has 0 amide bonds. The number of hydrogen-bond donors (Lipinski definition) is 1. The zero-order valence-electron chi connectivity index (χ0n) is 11.2. The molecule has 1 unspecified atom stereocenters. The summed E-state index contributed by atoms with van der Waals surface area (Å²) >= 11 is 0. The van der Waals surface area contributed by atoms with Gasteiger partial charge in [-0.3, -0.25) is 4.98 Å². The highest BCUT2D eigenvalue weighted by atomic mass is 32.2. The number of hydrogen-bond acceptors (Lipinski definition) is 4. The Morgan fingerprint density at radius 1 is 1.25 bits per heavy atom. The highest BCUT2D eigenvalue weighted by molar-refractivity contribution is 7.91. The molecule has 20 heavy (non-hydrogen) atoms. The van der Waals surface area contributed by atoms with Gasteiger partial charge in [0.25, 0.3) is 0 Å². The number of para-hydroxylation sites is 1. The first-order valence-corrected chi connectivity index (χ1v) is 8.73. The normalized spacial score (nSPS) is 21.9. The number of sulfone groups is 1. The Kier molecular flexibility index (Phi) is 3.72. The summed E-state index contributed by atoms with van der Waals surface area (Å²) in [6, 6.07) is 10.1. The van der Waals surface area contributed by atoms with Crippen molar-refractivity contribution in [2.24, 2.45) is 0 Å². The van der Waals surface area contributed by atoms with E-state index in [2.05, 4.69) is 16.4 Å². The highest BCUT2D eigenvalue weighted by Gasteiger charge is 2.24. The first-order chi connectivity index (χ1) is 9.64. The summed E-state index contributed by atoms with van der Waals surface area (Å²) in [7, 11) is -2.85. The molecule has 106 valence electrons. The number of benzene rings is 1. The largest absolute Gasteiger partial charge is 0.309 e. The Hall–Kier alpha value is -1.46. The fourth-order valence-electron chi connectivity index (χ4n) is 2.75. The molecule has 0 spiro atoms. The quantitative estimate of drug-likeness (QED) is 0.938. The molecule has 4 nitrogen and oxygen atoms in total. The standard InChI is InChI=1S/C15H18N2O2S/c18-20(19)9-3-4-13(11-20)17-10-12-7-8-16-15-6-2-1-5-14(12)15/h1-2,5-8,13,17H,3-4,9-11H2. The number of rotatable bonds is 3. The van der Waals surface area contributed by atoms with Crippen LogP contribution in [0.15, 0.2) is 36.5 Å². The van der Waals surface area contributed by atoms with Gasteiger partial charge in [0.15, 0.2) is 9.84 Å². The van der Waals surface area contributed by atoms with Crippen LogP contribution < -0.4 is 5.32 Å². The molecule has 1 aromatic heterocycles. The molecular formula is C15H18N2O2S. The molecule has 0 saturated carbocycles. The van der Waals surface area contributed by atoms with Gasteiger partial charge in [-0.1, -0.05) is 18.2 Å². The minimum atomic E-state index is -2.85. The summed E-state index contributed by atoms with van der Waals surface area (Å²) in [6.07, 6.45) is 3.50. The van der Waals surface area contributed by atoms with Gasteiger partial charge >= 0.3 is 0 Å². The maximum absolute atomic E-state index is 11.6. The lowest BCUT2D eigenvalue weighted by Crippen LogP contribution is -2.39. The van der Waals surface area contributed by atoms with Crippen molar-refractivity contribution < 1.29 is 8.42 Å². The average molecular weight is 290 g/mol. The Labute approximate surface area is 119 Å². The minimum Gasteiger partial charge on any atom is -0.309 e. The van der Waals surface area contributed by atoms with Crippen LogP contribution in [0.2, 0.25) is 0 Å². The van der Waals surface area contributed by atoms with Crippen LogP contribution in [0.25, 0.3) is 10.9 Å². The van der Waals surface area contributed by atoms with E-state index in [1.54, 1.807) is 6.20 Å². The Morgan fingerprint density at radius 2 is 2.10 bits per heavy atom. The predicted octanol–water partition coefficient (Wildman–Crippen LogP) is 1.90. The molecule has 3 rings (SSSR count). The van der Waals surface area contributed by atoms with Crippen LogP contribution in [0, 0.1) is 0 Å². The first kappa shape index (κ1) is 13.5. The molecule has 1 aliphatic heterocycles. The van der Waals surface area contributed by atoms with Crippen molar-refractivity contribution in [3.05, 3.63) is 42.1 Å². The third kappa shape index (κ3) is 2.99. The third-order valence-electron chi connectivity index (χ3n) is 3.78. The number of nitrogens with zero attached hydrogens (tertiary/aromatic N) is 1. The van der Waals surface area contributed by atoms with Crippen molar-refractivity contribution in [3.63, 3.8) is 0 Å². The minimum absolute atomic E-state index is 0.0701. The van der Waals surface area contributed by atoms with Crippen molar-refractivity contribution in [2.75, 3.05) is 11.5 Å². The number of fused-ring (bicyclic) bond motifs is 1. The SMILES string of the molecule is O=S1(=O)CCCC(NCc2ccnc3ccccc23)C1. The zero-order chi connectivity index (χ0) is 14.0. The highest BCUT2D eigenvalue weighted by Crippen LogP contribution is 2.17. The van der Waals surface area contributed by atoms with E-state index in [9.17, 15) is 8.42 Å². The van der Waals surface area contributed by atoms with Crippen molar-refractivity contribution >= 4 is 20.7 Å². The van der Waals surface area contributed by atoms with Gasteiger partial charge in [-0.05, 0) is 30.5 Å². The van der Waals surface area contributed by atoms with Gasteiger partial charge in [0, 0.05) is 24.2 Å². The zero-order valence-corrected chi connectivity index (χ0v) is 12.1. The second kappa shape index (κ2) is 5.50. The summed E-state index contributed by atoms with van der Waals surface area (Å²) in [5, 5.41) is 4.50. The van der Waals surface area contributed by atoms with Gasteiger partial charge in [0.2, 0.25) is 0 Å². The summed E-state index contributed by atoms with van der Waals surface area (Å²) in [6.45, 7) is 0.684. The number of pyridine rings is 1. The lowest BCUT2D eigenvalue weighted by molar-refractivity contribution is 0.481. The molecule has 1 N–H and O–H groups in total. The van der Waals surface area contributed by atoms with Gasteiger partial charge in [-0.15, -0.1) is 0 Å². The van der Waals surface area contributed by atoms with E-state index >= 15 is 0 Å². The van der Waals surface area contributed by atoms with Crippen LogP contribution in [-0.2, 0) is 16.4 Å². The molecule has 0 aliphatic carbocycles. The van der Waals surface area contributed by atoms with Gasteiger partial charge in [0.05, 0.1) is 17.0 Å². The fraction of sp³-hybridized carbons (Fsp3) is 0.400. The smallest absolute Gasteiger partial charge is 0.151 e. The van der Waals surface area contributed by atoms with E-state index in [0.29, 0.717) is 12.3 Å². The van der Waals surface area contributed by atoms with Gasteiger partial charge < -0.3 is 5.32 Å². The Balaban J connectivity index is 1.74. The molecule has 2 aromatic rings. The van der Waals surface area contributed by atoms with E-state index < -0.39 is 9.84 Å². The number of nitrogens with one attached hydrogen (secondary N) is 1. The molecule has 5 heteroatoms. The van der Waals surface area contributed by atoms with Gasteiger partial charge in [-0.2, -0.15) is 0 Å². The molecule has 0 bridgehead atoms. The third-order valence-corrected chi connectivity index (χ3v) is 5.60. The lowest BCUT2D eigenvalue weighted by atomic mass is 10.1. The topological polar surface area (TPSA) is 59.1 Å². The summed E-state index contributed by atoms with van der Waals surface area (Å²) < 4.78 is 23.3. The van der Waals surface area contributed by atoms with Crippen LogP contribution in [0.4, 0.5) is 0 Å². The van der Waals surface area contributed by atoms with Crippen molar-refractivity contribution in [1.82, 2.24) is 10.3 Å². The average Bonchev–Trinajstić information content (AvgIpc) is 2.44. The Morgan fingerprint density at radius 3 is 2.95 bits per heavy atom. The molecule has 0 radical (unpaired) electrons. The lowest BCUT2D eigenvalue weighted by Gasteiger charge is -2.23. The van der Waals surface area contributed by atoms with Crippen LogP contribution >= 0.6 is 0 Å². The summed E-state index contributed by atoms with van der Waals surface area (Å²) in [5.41, 5.74) is 2.14. The van der Waals surface area contributed by atoms with Crippen LogP contribution in [-0.4, -0.2) is 30.9 Å². The monoisotopic (exact) mass is 290 g/mol. The molecule has 1 atom stereocenters. The van der Waals surface area contributed by atoms with E-state index in [1.165, 1.54) is 5.56 Å².